The van der Waals surface area contributed by atoms with Crippen molar-refractivity contribution in [3.8, 4) is 0 Å². The molecule has 0 atom stereocenters. The Labute approximate surface area is 147 Å². The van der Waals surface area contributed by atoms with Gasteiger partial charge in [0.05, 0.1) is 9.75 Å². The molecule has 1 rings (SSSR count). The normalized spacial score (nSPS) is 12.6. The molecule has 0 aliphatic heterocycles. The highest BCUT2D eigenvalue weighted by Gasteiger charge is 2.32. The van der Waals surface area contributed by atoms with Crippen LogP contribution in [0, 0.1) is 0 Å². The van der Waals surface area contributed by atoms with E-state index in [-0.39, 0.29) is 9.75 Å². The maximum atomic E-state index is 7.00. The molecule has 0 radical (unpaired) electrons. The van der Waals surface area contributed by atoms with Crippen molar-refractivity contribution in [1.29, 1.82) is 0 Å². The molecular formula is C20H32Cl2. The van der Waals surface area contributed by atoms with Crippen LogP contribution < -0.4 is 0 Å². The van der Waals surface area contributed by atoms with Gasteiger partial charge >= 0.3 is 0 Å². The first kappa shape index (κ1) is 19.8. The Balaban J connectivity index is 3.20. The number of benzene rings is 1. The summed E-state index contributed by atoms with van der Waals surface area (Å²) in [4.78, 5) is -0.481. The Morgan fingerprint density at radius 2 is 1.00 bits per heavy atom. The summed E-state index contributed by atoms with van der Waals surface area (Å²) in [6.07, 6.45) is 8.47. The van der Waals surface area contributed by atoms with Crippen molar-refractivity contribution in [3.63, 3.8) is 0 Å². The van der Waals surface area contributed by atoms with Gasteiger partial charge in [-0.15, -0.1) is 23.2 Å². The van der Waals surface area contributed by atoms with Crippen molar-refractivity contribution in [1.82, 2.24) is 0 Å². The SMILES string of the molecule is CCCC(Cl)(CCC)c1cccc(C(Cl)(CCC)CCC)c1. The van der Waals surface area contributed by atoms with Gasteiger partial charge in [0.25, 0.3) is 0 Å². The fourth-order valence-corrected chi connectivity index (χ4v) is 4.48. The van der Waals surface area contributed by atoms with E-state index in [4.69, 9.17) is 23.2 Å². The van der Waals surface area contributed by atoms with Gasteiger partial charge in [-0.25, -0.2) is 0 Å². The fraction of sp³-hybridized carbons (Fsp3) is 0.700. The summed E-state index contributed by atoms with van der Waals surface area (Å²) in [6.45, 7) is 8.82. The molecular weight excluding hydrogens is 311 g/mol. The van der Waals surface area contributed by atoms with E-state index in [2.05, 4.69) is 52.0 Å². The summed E-state index contributed by atoms with van der Waals surface area (Å²) in [5.74, 6) is 0. The van der Waals surface area contributed by atoms with Gasteiger partial charge in [-0.1, -0.05) is 77.6 Å². The van der Waals surface area contributed by atoms with Crippen molar-refractivity contribution >= 4 is 23.2 Å². The van der Waals surface area contributed by atoms with Crippen molar-refractivity contribution in [2.45, 2.75) is 88.8 Å². The first-order chi connectivity index (χ1) is 10.5. The molecule has 0 bridgehead atoms. The summed E-state index contributed by atoms with van der Waals surface area (Å²) >= 11 is 14.0. The van der Waals surface area contributed by atoms with Gasteiger partial charge in [-0.3, -0.25) is 0 Å². The minimum atomic E-state index is -0.240. The highest BCUT2D eigenvalue weighted by Crippen LogP contribution is 2.43. The quantitative estimate of drug-likeness (QED) is 0.381. The van der Waals surface area contributed by atoms with E-state index in [0.29, 0.717) is 0 Å². The van der Waals surface area contributed by atoms with Crippen LogP contribution in [-0.2, 0) is 9.75 Å². The maximum Gasteiger partial charge on any atom is 0.0694 e. The maximum absolute atomic E-state index is 7.00. The number of hydrogen-bond donors (Lipinski definition) is 0. The molecule has 0 amide bonds. The highest BCUT2D eigenvalue weighted by molar-refractivity contribution is 6.24. The molecule has 0 aliphatic rings. The van der Waals surface area contributed by atoms with Gasteiger partial charge in [0.1, 0.15) is 0 Å². The highest BCUT2D eigenvalue weighted by atomic mass is 35.5. The third-order valence-electron chi connectivity index (χ3n) is 4.48. The third kappa shape index (κ3) is 4.90. The lowest BCUT2D eigenvalue weighted by Crippen LogP contribution is -2.22. The lowest BCUT2D eigenvalue weighted by atomic mass is 9.84. The van der Waals surface area contributed by atoms with Crippen molar-refractivity contribution in [3.05, 3.63) is 35.4 Å². The molecule has 0 unspecified atom stereocenters. The molecule has 0 saturated carbocycles. The summed E-state index contributed by atoms with van der Waals surface area (Å²) in [5, 5.41) is 0. The van der Waals surface area contributed by atoms with Crippen molar-refractivity contribution < 1.29 is 0 Å². The van der Waals surface area contributed by atoms with E-state index in [1.54, 1.807) is 0 Å². The van der Waals surface area contributed by atoms with Crippen molar-refractivity contribution in [2.24, 2.45) is 0 Å². The Kier molecular flexibility index (Phi) is 8.28. The molecule has 0 saturated heterocycles. The van der Waals surface area contributed by atoms with Gasteiger partial charge in [0.15, 0.2) is 0 Å². The minimum Gasteiger partial charge on any atom is -0.114 e. The van der Waals surface area contributed by atoms with Crippen LogP contribution in [0.5, 0.6) is 0 Å². The predicted octanol–water partition coefficient (Wildman–Crippen LogP) is 7.76. The number of alkyl halides is 2. The average Bonchev–Trinajstić information content (AvgIpc) is 2.48. The molecule has 126 valence electrons. The van der Waals surface area contributed by atoms with Crippen LogP contribution in [-0.4, -0.2) is 0 Å². The Morgan fingerprint density at radius 3 is 1.27 bits per heavy atom. The Bertz CT molecular complexity index is 390. The van der Waals surface area contributed by atoms with E-state index in [0.717, 1.165) is 51.4 Å². The van der Waals surface area contributed by atoms with Crippen LogP contribution in [0.15, 0.2) is 24.3 Å². The molecule has 22 heavy (non-hydrogen) atoms. The number of halogens is 2. The number of rotatable bonds is 10. The number of hydrogen-bond acceptors (Lipinski definition) is 0. The lowest BCUT2D eigenvalue weighted by Gasteiger charge is -2.31. The standard InChI is InChI=1S/C20H32Cl2/c1-5-12-19(21,13-6-2)17-10-9-11-18(16-17)20(22,14-7-3)15-8-4/h9-11,16H,5-8,12-15H2,1-4H3. The van der Waals surface area contributed by atoms with E-state index in [1.165, 1.54) is 11.1 Å². The van der Waals surface area contributed by atoms with E-state index in [9.17, 15) is 0 Å². The molecule has 0 heterocycles. The lowest BCUT2D eigenvalue weighted by molar-refractivity contribution is 0.485. The smallest absolute Gasteiger partial charge is 0.0694 e. The van der Waals surface area contributed by atoms with Gasteiger partial charge in [-0.2, -0.15) is 0 Å². The topological polar surface area (TPSA) is 0 Å². The molecule has 0 fully saturated rings. The molecule has 0 N–H and O–H groups in total. The second-order valence-electron chi connectivity index (χ2n) is 6.51. The second-order valence-corrected chi connectivity index (χ2v) is 7.96. The fourth-order valence-electron chi connectivity index (χ4n) is 3.49. The second kappa shape index (κ2) is 9.18. The third-order valence-corrected chi connectivity index (χ3v) is 5.67. The van der Waals surface area contributed by atoms with Crippen LogP contribution in [0.1, 0.15) is 90.2 Å². The summed E-state index contributed by atoms with van der Waals surface area (Å²) in [6, 6.07) is 8.76. The molecule has 1 aromatic rings. The van der Waals surface area contributed by atoms with Gasteiger partial charge in [0.2, 0.25) is 0 Å². The van der Waals surface area contributed by atoms with E-state index < -0.39 is 0 Å². The molecule has 0 spiro atoms. The molecule has 0 aliphatic carbocycles. The van der Waals surface area contributed by atoms with Gasteiger partial charge in [-0.05, 0) is 36.8 Å². The average molecular weight is 343 g/mol. The molecule has 1 aromatic carbocycles. The molecule has 0 nitrogen and oxygen atoms in total. The minimum absolute atomic E-state index is 0.240. The van der Waals surface area contributed by atoms with Crippen LogP contribution in [0.4, 0.5) is 0 Å². The first-order valence-electron chi connectivity index (χ1n) is 8.94. The van der Waals surface area contributed by atoms with E-state index >= 15 is 0 Å². The van der Waals surface area contributed by atoms with Gasteiger partial charge in [0, 0.05) is 0 Å². The molecule has 0 aromatic heterocycles. The summed E-state index contributed by atoms with van der Waals surface area (Å²) < 4.78 is 0. The zero-order chi connectivity index (χ0) is 16.6. The first-order valence-corrected chi connectivity index (χ1v) is 9.70. The zero-order valence-electron chi connectivity index (χ0n) is 14.7. The van der Waals surface area contributed by atoms with Crippen molar-refractivity contribution in [2.75, 3.05) is 0 Å². The van der Waals surface area contributed by atoms with Crippen LogP contribution >= 0.6 is 23.2 Å². The van der Waals surface area contributed by atoms with E-state index in [1.807, 2.05) is 0 Å². The Hall–Kier alpha value is -0.200. The van der Waals surface area contributed by atoms with Crippen LogP contribution in [0.25, 0.3) is 0 Å². The van der Waals surface area contributed by atoms with Gasteiger partial charge < -0.3 is 0 Å². The summed E-state index contributed by atoms with van der Waals surface area (Å²) in [5.41, 5.74) is 2.49. The van der Waals surface area contributed by atoms with Crippen LogP contribution in [0.2, 0.25) is 0 Å². The monoisotopic (exact) mass is 342 g/mol. The summed E-state index contributed by atoms with van der Waals surface area (Å²) in [7, 11) is 0. The Morgan fingerprint density at radius 1 is 0.682 bits per heavy atom. The van der Waals surface area contributed by atoms with Crippen LogP contribution in [0.3, 0.4) is 0 Å². The zero-order valence-corrected chi connectivity index (χ0v) is 16.2. The molecule has 2 heteroatoms. The largest absolute Gasteiger partial charge is 0.114 e. The predicted molar refractivity (Wildman–Crippen MR) is 101 cm³/mol.